The van der Waals surface area contributed by atoms with Crippen LogP contribution in [0.15, 0.2) is 213 Å². The number of aromatic nitrogens is 3. The Bertz CT molecular complexity index is 2740. The number of hydrogen-bond acceptors (Lipinski definition) is 3. The number of nitrogens with zero attached hydrogens (tertiary/aromatic N) is 3. The van der Waals surface area contributed by atoms with E-state index in [9.17, 15) is 0 Å². The highest BCUT2D eigenvalue weighted by Gasteiger charge is 2.46. The van der Waals surface area contributed by atoms with E-state index in [1.165, 1.54) is 33.4 Å². The van der Waals surface area contributed by atoms with Gasteiger partial charge in [-0.2, -0.15) is 0 Å². The maximum Gasteiger partial charge on any atom is 0.160 e. The fourth-order valence-electron chi connectivity index (χ4n) is 8.31. The number of benzene rings is 7. The topological polar surface area (TPSA) is 38.7 Å². The molecule has 0 aliphatic heterocycles. The lowest BCUT2D eigenvalue weighted by atomic mass is 9.67. The molecule has 0 radical (unpaired) electrons. The second-order valence-corrected chi connectivity index (χ2v) is 14.0. The maximum atomic E-state index is 5.35. The van der Waals surface area contributed by atoms with Gasteiger partial charge in [-0.1, -0.05) is 176 Å². The van der Waals surface area contributed by atoms with Gasteiger partial charge in [0.25, 0.3) is 0 Å². The Balaban J connectivity index is 1.18. The Morgan fingerprint density at radius 1 is 0.327 bits per heavy atom. The van der Waals surface area contributed by atoms with Gasteiger partial charge in [-0.05, 0) is 79.9 Å². The minimum atomic E-state index is -0.505. The SMILES string of the molecule is c1ccc(-c2cccc(-c3nc(-c4ccc(-c5cccnc5)cc4)cc(-c4ccc5c(c4)C(c4ccccc4)(c4ccccc4)c4ccccc4-5)n3)c2)cc1. The molecule has 1 aliphatic carbocycles. The predicted molar refractivity (Wildman–Crippen MR) is 224 cm³/mol. The van der Waals surface area contributed by atoms with Crippen molar-refractivity contribution in [3.8, 4) is 67.3 Å². The van der Waals surface area contributed by atoms with Crippen LogP contribution in [-0.4, -0.2) is 15.0 Å². The molecule has 1 aliphatic rings. The highest BCUT2D eigenvalue weighted by Crippen LogP contribution is 2.56. The molecule has 0 saturated carbocycles. The lowest BCUT2D eigenvalue weighted by Crippen LogP contribution is -2.28. The third kappa shape index (κ3) is 5.65. The molecule has 0 atom stereocenters. The molecule has 9 aromatic rings. The van der Waals surface area contributed by atoms with Crippen molar-refractivity contribution in [3.05, 3.63) is 235 Å². The van der Waals surface area contributed by atoms with Gasteiger partial charge in [0, 0.05) is 29.1 Å². The normalized spacial score (nSPS) is 12.5. The Kier molecular flexibility index (Phi) is 8.04. The summed E-state index contributed by atoms with van der Waals surface area (Å²) in [6.07, 6.45) is 3.70. The summed E-state index contributed by atoms with van der Waals surface area (Å²) in [6.45, 7) is 0. The average molecular weight is 702 g/mol. The number of pyridine rings is 1. The van der Waals surface area contributed by atoms with E-state index < -0.39 is 5.41 Å². The summed E-state index contributed by atoms with van der Waals surface area (Å²) in [7, 11) is 0. The van der Waals surface area contributed by atoms with Crippen molar-refractivity contribution < 1.29 is 0 Å². The Hall–Kier alpha value is -7.23. The fourth-order valence-corrected chi connectivity index (χ4v) is 8.31. The molecule has 0 bridgehead atoms. The first-order valence-corrected chi connectivity index (χ1v) is 18.7. The van der Waals surface area contributed by atoms with Crippen molar-refractivity contribution in [2.45, 2.75) is 5.41 Å². The highest BCUT2D eigenvalue weighted by atomic mass is 14.9. The van der Waals surface area contributed by atoms with Crippen LogP contribution >= 0.6 is 0 Å². The van der Waals surface area contributed by atoms with Crippen molar-refractivity contribution in [2.24, 2.45) is 0 Å². The maximum absolute atomic E-state index is 5.35. The van der Waals surface area contributed by atoms with E-state index in [0.717, 1.165) is 50.3 Å². The van der Waals surface area contributed by atoms with Crippen LogP contribution in [0.25, 0.3) is 67.3 Å². The van der Waals surface area contributed by atoms with Crippen LogP contribution in [0.2, 0.25) is 0 Å². The van der Waals surface area contributed by atoms with E-state index in [4.69, 9.17) is 9.97 Å². The van der Waals surface area contributed by atoms with E-state index >= 15 is 0 Å². The molecular weight excluding hydrogens is 667 g/mol. The van der Waals surface area contributed by atoms with Crippen molar-refractivity contribution in [3.63, 3.8) is 0 Å². The van der Waals surface area contributed by atoms with Gasteiger partial charge < -0.3 is 0 Å². The Morgan fingerprint density at radius 3 is 1.58 bits per heavy atom. The molecule has 3 nitrogen and oxygen atoms in total. The summed E-state index contributed by atoms with van der Waals surface area (Å²) in [5.74, 6) is 0.683. The van der Waals surface area contributed by atoms with E-state index in [1.807, 2.05) is 18.3 Å². The van der Waals surface area contributed by atoms with Crippen LogP contribution in [0.3, 0.4) is 0 Å². The van der Waals surface area contributed by atoms with Gasteiger partial charge in [-0.3, -0.25) is 4.98 Å². The van der Waals surface area contributed by atoms with Crippen LogP contribution in [0.5, 0.6) is 0 Å². The molecule has 2 aromatic heterocycles. The second kappa shape index (κ2) is 13.6. The number of rotatable bonds is 7. The largest absolute Gasteiger partial charge is 0.264 e. The van der Waals surface area contributed by atoms with Gasteiger partial charge in [-0.25, -0.2) is 9.97 Å². The van der Waals surface area contributed by atoms with Gasteiger partial charge in [-0.15, -0.1) is 0 Å². The zero-order valence-corrected chi connectivity index (χ0v) is 30.0. The molecule has 0 spiro atoms. The molecule has 0 unspecified atom stereocenters. The quantitative estimate of drug-likeness (QED) is 0.166. The monoisotopic (exact) mass is 701 g/mol. The molecule has 10 rings (SSSR count). The van der Waals surface area contributed by atoms with E-state index in [2.05, 4.69) is 193 Å². The first-order chi connectivity index (χ1) is 27.3. The molecule has 55 heavy (non-hydrogen) atoms. The van der Waals surface area contributed by atoms with Crippen LogP contribution in [0.4, 0.5) is 0 Å². The average Bonchev–Trinajstić information content (AvgIpc) is 3.58. The molecule has 0 amide bonds. The summed E-state index contributed by atoms with van der Waals surface area (Å²) in [4.78, 5) is 14.9. The summed E-state index contributed by atoms with van der Waals surface area (Å²) in [5.41, 5.74) is 16.2. The zero-order valence-electron chi connectivity index (χ0n) is 30.0. The summed E-state index contributed by atoms with van der Waals surface area (Å²) >= 11 is 0. The Labute approximate surface area is 321 Å². The molecule has 0 fully saturated rings. The van der Waals surface area contributed by atoms with E-state index in [1.54, 1.807) is 6.20 Å². The van der Waals surface area contributed by atoms with E-state index in [0.29, 0.717) is 5.82 Å². The Morgan fingerprint density at radius 2 is 0.873 bits per heavy atom. The van der Waals surface area contributed by atoms with Crippen LogP contribution in [0.1, 0.15) is 22.3 Å². The van der Waals surface area contributed by atoms with Gasteiger partial charge in [0.2, 0.25) is 0 Å². The molecule has 7 aromatic carbocycles. The van der Waals surface area contributed by atoms with Gasteiger partial charge in [0.1, 0.15) is 0 Å². The smallest absolute Gasteiger partial charge is 0.160 e. The standard InChI is InChI=1S/C52H35N3/c1-4-14-36(15-5-1)39-16-12-17-41(32-39)51-54-49(38-27-25-37(26-28-38)42-18-13-31-53-35-42)34-50(55-51)40-29-30-46-45-23-10-11-24-47(45)52(48(46)33-40,43-19-6-2-7-20-43)44-21-8-3-9-22-44/h1-35H. The van der Waals surface area contributed by atoms with Crippen molar-refractivity contribution in [1.29, 1.82) is 0 Å². The predicted octanol–water partition coefficient (Wildman–Crippen LogP) is 12.6. The molecule has 0 N–H and O–H groups in total. The first-order valence-electron chi connectivity index (χ1n) is 18.7. The lowest BCUT2D eigenvalue weighted by Gasteiger charge is -2.34. The molecule has 258 valence electrons. The summed E-state index contributed by atoms with van der Waals surface area (Å²) in [5, 5.41) is 0. The van der Waals surface area contributed by atoms with Crippen molar-refractivity contribution in [1.82, 2.24) is 15.0 Å². The van der Waals surface area contributed by atoms with Crippen LogP contribution in [0, 0.1) is 0 Å². The highest BCUT2D eigenvalue weighted by molar-refractivity contribution is 5.88. The van der Waals surface area contributed by atoms with E-state index in [-0.39, 0.29) is 0 Å². The molecular formula is C52H35N3. The first kappa shape index (κ1) is 32.4. The van der Waals surface area contributed by atoms with Gasteiger partial charge in [0.05, 0.1) is 16.8 Å². The molecule has 0 saturated heterocycles. The fraction of sp³-hybridized carbons (Fsp3) is 0.0192. The summed E-state index contributed by atoms with van der Waals surface area (Å²) < 4.78 is 0. The number of fused-ring (bicyclic) bond motifs is 3. The van der Waals surface area contributed by atoms with Gasteiger partial charge in [0.15, 0.2) is 5.82 Å². The molecule has 3 heteroatoms. The van der Waals surface area contributed by atoms with Crippen molar-refractivity contribution >= 4 is 0 Å². The van der Waals surface area contributed by atoms with Crippen LogP contribution in [-0.2, 0) is 5.41 Å². The minimum absolute atomic E-state index is 0.505. The van der Waals surface area contributed by atoms with Crippen LogP contribution < -0.4 is 0 Å². The third-order valence-corrected chi connectivity index (χ3v) is 10.9. The molecule has 2 heterocycles. The zero-order chi connectivity index (χ0) is 36.6. The number of hydrogen-bond donors (Lipinski definition) is 0. The van der Waals surface area contributed by atoms with Gasteiger partial charge >= 0.3 is 0 Å². The van der Waals surface area contributed by atoms with Crippen molar-refractivity contribution in [2.75, 3.05) is 0 Å². The summed E-state index contributed by atoms with van der Waals surface area (Å²) in [6, 6.07) is 71.4. The lowest BCUT2D eigenvalue weighted by molar-refractivity contribution is 0.768. The second-order valence-electron chi connectivity index (χ2n) is 14.0. The minimum Gasteiger partial charge on any atom is -0.264 e. The third-order valence-electron chi connectivity index (χ3n) is 10.9.